The van der Waals surface area contributed by atoms with Crippen molar-refractivity contribution < 1.29 is 0 Å². The Bertz CT molecular complexity index is 873. The molecule has 1 saturated heterocycles. The first kappa shape index (κ1) is 18.6. The lowest BCUT2D eigenvalue weighted by Crippen LogP contribution is -2.47. The van der Waals surface area contributed by atoms with Gasteiger partial charge in [-0.25, -0.2) is 0 Å². The van der Waals surface area contributed by atoms with Crippen molar-refractivity contribution in [1.29, 1.82) is 0 Å². The van der Waals surface area contributed by atoms with Gasteiger partial charge in [-0.2, -0.15) is 0 Å². The van der Waals surface area contributed by atoms with Crippen LogP contribution in [0.3, 0.4) is 0 Å². The van der Waals surface area contributed by atoms with Gasteiger partial charge in [0.25, 0.3) is 0 Å². The van der Waals surface area contributed by atoms with Gasteiger partial charge in [0.1, 0.15) is 0 Å². The minimum atomic E-state index is 0.910. The molecule has 4 heteroatoms. The summed E-state index contributed by atoms with van der Waals surface area (Å²) in [4.78, 5) is 14.2. The smallest absolute Gasteiger partial charge is 0.0694 e. The van der Waals surface area contributed by atoms with Gasteiger partial charge >= 0.3 is 0 Å². The Hall–Kier alpha value is -2.46. The molecule has 1 saturated carbocycles. The quantitative estimate of drug-likeness (QED) is 0.769. The average Bonchev–Trinajstić information content (AvgIpc) is 3.60. The van der Waals surface area contributed by atoms with Crippen LogP contribution >= 0.6 is 0 Å². The van der Waals surface area contributed by atoms with Gasteiger partial charge in [-0.15, -0.1) is 0 Å². The SMILES string of the molecule is C(=C1CCCN=C1c1cccnc1)c1ccc(N2CCN(CC3CC3)CC2)cc1. The molecular weight excluding hydrogens is 356 g/mol. The molecule has 1 aromatic heterocycles. The molecule has 29 heavy (non-hydrogen) atoms. The molecule has 0 spiro atoms. The Morgan fingerprint density at radius 1 is 1.00 bits per heavy atom. The van der Waals surface area contributed by atoms with Gasteiger partial charge in [0.05, 0.1) is 5.71 Å². The highest BCUT2D eigenvalue weighted by Crippen LogP contribution is 2.30. The van der Waals surface area contributed by atoms with E-state index >= 15 is 0 Å². The predicted octanol–water partition coefficient (Wildman–Crippen LogP) is 4.28. The third-order valence-corrected chi connectivity index (χ3v) is 6.30. The summed E-state index contributed by atoms with van der Waals surface area (Å²) in [6, 6.07) is 13.2. The number of aliphatic imine (C=N–C) groups is 1. The number of piperazine rings is 1. The highest BCUT2D eigenvalue weighted by molar-refractivity contribution is 6.15. The van der Waals surface area contributed by atoms with E-state index in [0.717, 1.165) is 49.7 Å². The molecule has 3 aliphatic rings. The number of hydrogen-bond donors (Lipinski definition) is 0. The van der Waals surface area contributed by atoms with E-state index in [-0.39, 0.29) is 0 Å². The largest absolute Gasteiger partial charge is 0.369 e. The van der Waals surface area contributed by atoms with Gasteiger partial charge in [-0.3, -0.25) is 14.9 Å². The van der Waals surface area contributed by atoms with Crippen LogP contribution in [-0.4, -0.2) is 54.9 Å². The molecule has 3 heterocycles. The fourth-order valence-corrected chi connectivity index (χ4v) is 4.44. The fourth-order valence-electron chi connectivity index (χ4n) is 4.44. The van der Waals surface area contributed by atoms with Crippen LogP contribution in [0, 0.1) is 5.92 Å². The van der Waals surface area contributed by atoms with Gasteiger partial charge in [0.15, 0.2) is 0 Å². The number of allylic oxidation sites excluding steroid dienone is 1. The van der Waals surface area contributed by atoms with Gasteiger partial charge in [-0.05, 0) is 73.1 Å². The van der Waals surface area contributed by atoms with Crippen LogP contribution in [0.25, 0.3) is 6.08 Å². The van der Waals surface area contributed by atoms with Crippen LogP contribution in [0.15, 0.2) is 59.4 Å². The van der Waals surface area contributed by atoms with Gasteiger partial charge in [0.2, 0.25) is 0 Å². The molecule has 1 aliphatic carbocycles. The van der Waals surface area contributed by atoms with Crippen molar-refractivity contribution in [2.45, 2.75) is 25.7 Å². The summed E-state index contributed by atoms with van der Waals surface area (Å²) in [6.07, 6.45) is 11.2. The second kappa shape index (κ2) is 8.50. The zero-order chi connectivity index (χ0) is 19.5. The average molecular weight is 387 g/mol. The standard InChI is InChI=1S/C25H30N4/c1-4-23(18-26-11-1)25-22(3-2-12-27-25)17-20-7-9-24(10-8-20)29-15-13-28(14-16-29)19-21-5-6-21/h1,4,7-11,17-18,21H,2-3,5-6,12-16,19H2. The molecule has 2 aromatic rings. The maximum Gasteiger partial charge on any atom is 0.0694 e. The summed E-state index contributed by atoms with van der Waals surface area (Å²) in [7, 11) is 0. The number of hydrogen-bond acceptors (Lipinski definition) is 4. The topological polar surface area (TPSA) is 31.7 Å². The maximum absolute atomic E-state index is 4.80. The third-order valence-electron chi connectivity index (χ3n) is 6.30. The zero-order valence-electron chi connectivity index (χ0n) is 17.1. The van der Waals surface area contributed by atoms with E-state index < -0.39 is 0 Å². The Kier molecular flexibility index (Phi) is 5.44. The van der Waals surface area contributed by atoms with Crippen molar-refractivity contribution in [3.63, 3.8) is 0 Å². The van der Waals surface area contributed by atoms with E-state index in [1.165, 1.54) is 49.3 Å². The van der Waals surface area contributed by atoms with Gasteiger partial charge < -0.3 is 4.90 Å². The van der Waals surface area contributed by atoms with Crippen LogP contribution in [0.4, 0.5) is 5.69 Å². The Labute approximate surface area is 174 Å². The summed E-state index contributed by atoms with van der Waals surface area (Å²) in [5, 5.41) is 0. The first-order valence-electron chi connectivity index (χ1n) is 11.1. The van der Waals surface area contributed by atoms with E-state index in [1.807, 2.05) is 18.5 Å². The second-order valence-electron chi connectivity index (χ2n) is 8.57. The van der Waals surface area contributed by atoms with E-state index in [9.17, 15) is 0 Å². The van der Waals surface area contributed by atoms with Crippen LogP contribution in [0.2, 0.25) is 0 Å². The second-order valence-corrected chi connectivity index (χ2v) is 8.57. The van der Waals surface area contributed by atoms with Crippen molar-refractivity contribution in [2.24, 2.45) is 10.9 Å². The molecule has 0 N–H and O–H groups in total. The van der Waals surface area contributed by atoms with Crippen molar-refractivity contribution in [3.8, 4) is 0 Å². The molecule has 0 bridgehead atoms. The highest BCUT2D eigenvalue weighted by Gasteiger charge is 2.26. The van der Waals surface area contributed by atoms with E-state index in [0.29, 0.717) is 0 Å². The molecule has 5 rings (SSSR count). The summed E-state index contributed by atoms with van der Waals surface area (Å²) in [5.41, 5.74) is 6.17. The van der Waals surface area contributed by atoms with Gasteiger partial charge in [-0.1, -0.05) is 12.1 Å². The van der Waals surface area contributed by atoms with Crippen molar-refractivity contribution in [1.82, 2.24) is 9.88 Å². The normalized spacial score (nSPS) is 22.0. The zero-order valence-corrected chi connectivity index (χ0v) is 17.1. The highest BCUT2D eigenvalue weighted by atomic mass is 15.3. The number of pyridine rings is 1. The third kappa shape index (κ3) is 4.59. The molecule has 1 aromatic carbocycles. The van der Waals surface area contributed by atoms with Gasteiger partial charge in [0, 0.05) is 62.9 Å². The summed E-state index contributed by atoms with van der Waals surface area (Å²) >= 11 is 0. The Morgan fingerprint density at radius 2 is 1.83 bits per heavy atom. The fraction of sp³-hybridized carbons (Fsp3) is 0.440. The summed E-state index contributed by atoms with van der Waals surface area (Å²) in [5.74, 6) is 0.994. The minimum absolute atomic E-state index is 0.910. The number of rotatable bonds is 5. The number of benzene rings is 1. The number of nitrogens with zero attached hydrogens (tertiary/aromatic N) is 4. The lowest BCUT2D eigenvalue weighted by Gasteiger charge is -2.36. The molecule has 4 nitrogen and oxygen atoms in total. The first-order chi connectivity index (χ1) is 14.3. The number of anilines is 1. The monoisotopic (exact) mass is 386 g/mol. The van der Waals surface area contributed by atoms with E-state index in [2.05, 4.69) is 51.2 Å². The van der Waals surface area contributed by atoms with Crippen LogP contribution in [0.5, 0.6) is 0 Å². The molecule has 0 radical (unpaired) electrons. The Balaban J connectivity index is 1.26. The molecule has 2 aliphatic heterocycles. The van der Waals surface area contributed by atoms with E-state index in [1.54, 1.807) is 0 Å². The molecule has 0 atom stereocenters. The van der Waals surface area contributed by atoms with Crippen molar-refractivity contribution in [3.05, 3.63) is 65.5 Å². The summed E-state index contributed by atoms with van der Waals surface area (Å²) < 4.78 is 0. The lowest BCUT2D eigenvalue weighted by molar-refractivity contribution is 0.248. The molecular formula is C25H30N4. The maximum atomic E-state index is 4.80. The summed E-state index contributed by atoms with van der Waals surface area (Å²) in [6.45, 7) is 6.92. The predicted molar refractivity (Wildman–Crippen MR) is 121 cm³/mol. The first-order valence-corrected chi connectivity index (χ1v) is 11.1. The van der Waals surface area contributed by atoms with Crippen LogP contribution < -0.4 is 4.90 Å². The number of aromatic nitrogens is 1. The minimum Gasteiger partial charge on any atom is -0.369 e. The van der Waals surface area contributed by atoms with Crippen molar-refractivity contribution >= 4 is 17.5 Å². The Morgan fingerprint density at radius 3 is 2.55 bits per heavy atom. The van der Waals surface area contributed by atoms with Crippen LogP contribution in [-0.2, 0) is 0 Å². The molecule has 150 valence electrons. The van der Waals surface area contributed by atoms with Crippen LogP contribution in [0.1, 0.15) is 36.8 Å². The van der Waals surface area contributed by atoms with E-state index in [4.69, 9.17) is 4.99 Å². The lowest BCUT2D eigenvalue weighted by atomic mass is 9.95. The van der Waals surface area contributed by atoms with Crippen molar-refractivity contribution in [2.75, 3.05) is 44.2 Å². The molecule has 0 unspecified atom stereocenters. The molecule has 0 amide bonds. The molecule has 2 fully saturated rings.